The second kappa shape index (κ2) is 5.18. The van der Waals surface area contributed by atoms with Crippen molar-refractivity contribution in [1.82, 2.24) is 0 Å². The summed E-state index contributed by atoms with van der Waals surface area (Å²) in [5.74, 6) is 3.25. The van der Waals surface area contributed by atoms with E-state index in [0.29, 0.717) is 5.41 Å². The maximum absolute atomic E-state index is 3.00. The second-order valence-electron chi connectivity index (χ2n) is 6.10. The summed E-state index contributed by atoms with van der Waals surface area (Å²) in [7, 11) is 0. The molecular weight excluding hydrogens is 180 g/mol. The Morgan fingerprint density at radius 2 is 1.80 bits per heavy atom. The number of fused-ring (bicyclic) bond motifs is 1. The van der Waals surface area contributed by atoms with Crippen molar-refractivity contribution in [3.8, 4) is 0 Å². The van der Waals surface area contributed by atoms with Crippen molar-refractivity contribution < 1.29 is 0 Å². The normalized spacial score (nSPS) is 37.7. The van der Waals surface area contributed by atoms with Gasteiger partial charge in [-0.2, -0.15) is 0 Å². The fourth-order valence-corrected chi connectivity index (χ4v) is 3.98. The van der Waals surface area contributed by atoms with Gasteiger partial charge in [0.25, 0.3) is 0 Å². The molecule has 0 spiro atoms. The molecule has 0 radical (unpaired) electrons. The Kier molecular flexibility index (Phi) is 4.43. The third kappa shape index (κ3) is 2.86. The Labute approximate surface area is 96.2 Å². The first-order chi connectivity index (χ1) is 7.12. The molecule has 0 heteroatoms. The molecule has 0 N–H and O–H groups in total. The Morgan fingerprint density at radius 1 is 1.13 bits per heavy atom. The minimum absolute atomic E-state index is 0.660. The first kappa shape index (κ1) is 12.8. The molecule has 0 aromatic carbocycles. The molecule has 15 heavy (non-hydrogen) atoms. The first-order valence-corrected chi connectivity index (χ1v) is 6.62. The van der Waals surface area contributed by atoms with Crippen molar-refractivity contribution in [3.63, 3.8) is 0 Å². The minimum Gasteiger partial charge on any atom is -0.106 e. The minimum atomic E-state index is 0.660. The Bertz CT molecular complexity index is 192. The molecule has 0 amide bonds. The summed E-state index contributed by atoms with van der Waals surface area (Å²) >= 11 is 0. The van der Waals surface area contributed by atoms with E-state index in [0.717, 1.165) is 17.8 Å². The molecule has 2 aliphatic rings. The molecule has 3 atom stereocenters. The van der Waals surface area contributed by atoms with Crippen LogP contribution in [0, 0.1) is 23.2 Å². The molecule has 0 aromatic heterocycles. The molecule has 88 valence electrons. The van der Waals surface area contributed by atoms with E-state index < -0.39 is 0 Å². The van der Waals surface area contributed by atoms with Gasteiger partial charge < -0.3 is 0 Å². The van der Waals surface area contributed by atoms with Gasteiger partial charge in [0, 0.05) is 0 Å². The molecule has 2 fully saturated rings. The zero-order valence-electron chi connectivity index (χ0n) is 10.9. The summed E-state index contributed by atoms with van der Waals surface area (Å²) in [4.78, 5) is 0. The second-order valence-corrected chi connectivity index (χ2v) is 6.10. The average molecular weight is 208 g/mol. The lowest BCUT2D eigenvalue weighted by Gasteiger charge is -2.33. The highest BCUT2D eigenvalue weighted by atomic mass is 14.5. The summed E-state index contributed by atoms with van der Waals surface area (Å²) in [5.41, 5.74) is 0.660. The highest BCUT2D eigenvalue weighted by molar-refractivity contribution is 4.93. The molecule has 0 saturated heterocycles. The van der Waals surface area contributed by atoms with Crippen LogP contribution in [0.3, 0.4) is 0 Å². The van der Waals surface area contributed by atoms with Crippen molar-refractivity contribution in [1.29, 1.82) is 0 Å². The van der Waals surface area contributed by atoms with Gasteiger partial charge in [-0.25, -0.2) is 0 Å². The molecule has 2 saturated carbocycles. The third-order valence-electron chi connectivity index (χ3n) is 4.49. The number of hydrogen-bond donors (Lipinski definition) is 0. The van der Waals surface area contributed by atoms with E-state index in [9.17, 15) is 0 Å². The van der Waals surface area contributed by atoms with Crippen LogP contribution in [0.2, 0.25) is 0 Å². The fraction of sp³-hybridized carbons (Fsp3) is 0.867. The summed E-state index contributed by atoms with van der Waals surface area (Å²) < 4.78 is 0. The van der Waals surface area contributed by atoms with Gasteiger partial charge in [-0.3, -0.25) is 0 Å². The van der Waals surface area contributed by atoms with Gasteiger partial charge in [0.05, 0.1) is 0 Å². The van der Waals surface area contributed by atoms with E-state index in [-0.39, 0.29) is 0 Å². The zero-order valence-corrected chi connectivity index (χ0v) is 10.9. The molecule has 0 nitrogen and oxygen atoms in total. The average Bonchev–Trinajstić information content (AvgIpc) is 2.54. The topological polar surface area (TPSA) is 0 Å². The maximum atomic E-state index is 3.00. The lowest BCUT2D eigenvalue weighted by Crippen LogP contribution is -2.23. The Morgan fingerprint density at radius 3 is 2.40 bits per heavy atom. The quantitative estimate of drug-likeness (QED) is 0.529. The number of rotatable bonds is 1. The highest BCUT2D eigenvalue weighted by Gasteiger charge is 2.43. The fourth-order valence-electron chi connectivity index (χ4n) is 3.98. The zero-order chi connectivity index (χ0) is 11.5. The molecule has 0 bridgehead atoms. The number of hydrogen-bond acceptors (Lipinski definition) is 0. The maximum Gasteiger partial charge on any atom is -0.0349 e. The van der Waals surface area contributed by atoms with Gasteiger partial charge >= 0.3 is 0 Å². The van der Waals surface area contributed by atoms with Gasteiger partial charge in [0.1, 0.15) is 0 Å². The van der Waals surface area contributed by atoms with Crippen molar-refractivity contribution in [2.45, 2.75) is 59.3 Å². The Balaban J connectivity index is 0.000000531. The molecule has 2 aliphatic carbocycles. The van der Waals surface area contributed by atoms with E-state index in [1.54, 1.807) is 0 Å². The van der Waals surface area contributed by atoms with Crippen molar-refractivity contribution in [2.75, 3.05) is 0 Å². The molecule has 0 heterocycles. The van der Waals surface area contributed by atoms with Crippen LogP contribution in [-0.2, 0) is 0 Å². The molecule has 0 aliphatic heterocycles. The third-order valence-corrected chi connectivity index (χ3v) is 4.49. The van der Waals surface area contributed by atoms with Crippen LogP contribution in [0.25, 0.3) is 0 Å². The SMILES string of the molecule is C=C.CCC1CCCC2CC(C)(C)CC12. The van der Waals surface area contributed by atoms with Crippen LogP contribution >= 0.6 is 0 Å². The molecule has 0 aromatic rings. The summed E-state index contributed by atoms with van der Waals surface area (Å²) in [6.07, 6.45) is 9.01. The predicted molar refractivity (Wildman–Crippen MR) is 68.9 cm³/mol. The largest absolute Gasteiger partial charge is 0.106 e. The van der Waals surface area contributed by atoms with Crippen LogP contribution in [0.4, 0.5) is 0 Å². The first-order valence-electron chi connectivity index (χ1n) is 6.62. The van der Waals surface area contributed by atoms with E-state index in [4.69, 9.17) is 0 Å². The molecular formula is C15H28. The van der Waals surface area contributed by atoms with E-state index >= 15 is 0 Å². The van der Waals surface area contributed by atoms with Gasteiger partial charge in [-0.05, 0) is 36.0 Å². The van der Waals surface area contributed by atoms with Crippen LogP contribution in [0.5, 0.6) is 0 Å². The molecule has 2 rings (SSSR count). The highest BCUT2D eigenvalue weighted by Crippen LogP contribution is 2.53. The smallest absolute Gasteiger partial charge is 0.0349 e. The van der Waals surface area contributed by atoms with Crippen LogP contribution in [0.15, 0.2) is 13.2 Å². The van der Waals surface area contributed by atoms with Gasteiger partial charge in [-0.1, -0.05) is 46.5 Å². The summed E-state index contributed by atoms with van der Waals surface area (Å²) in [6.45, 7) is 13.3. The van der Waals surface area contributed by atoms with Crippen LogP contribution < -0.4 is 0 Å². The van der Waals surface area contributed by atoms with E-state index in [2.05, 4.69) is 33.9 Å². The van der Waals surface area contributed by atoms with Gasteiger partial charge in [-0.15, -0.1) is 13.2 Å². The van der Waals surface area contributed by atoms with Crippen molar-refractivity contribution in [3.05, 3.63) is 13.2 Å². The van der Waals surface area contributed by atoms with Gasteiger partial charge in [0.15, 0.2) is 0 Å². The van der Waals surface area contributed by atoms with Crippen molar-refractivity contribution >= 4 is 0 Å². The summed E-state index contributed by atoms with van der Waals surface area (Å²) in [6, 6.07) is 0. The van der Waals surface area contributed by atoms with E-state index in [1.807, 2.05) is 0 Å². The molecule has 3 unspecified atom stereocenters. The lowest BCUT2D eigenvalue weighted by atomic mass is 9.73. The predicted octanol–water partition coefficient (Wildman–Crippen LogP) is 5.05. The van der Waals surface area contributed by atoms with Crippen molar-refractivity contribution in [2.24, 2.45) is 23.2 Å². The lowest BCUT2D eigenvalue weighted by molar-refractivity contribution is 0.176. The standard InChI is InChI=1S/C13H24.C2H4/c1-4-10-6-5-7-11-8-13(2,3)9-12(10)11;1-2/h10-12H,4-9H2,1-3H3;1-2H2. The summed E-state index contributed by atoms with van der Waals surface area (Å²) in [5, 5.41) is 0. The Hall–Kier alpha value is -0.260. The van der Waals surface area contributed by atoms with E-state index in [1.165, 1.54) is 38.5 Å². The van der Waals surface area contributed by atoms with Crippen LogP contribution in [0.1, 0.15) is 59.3 Å². The monoisotopic (exact) mass is 208 g/mol. The van der Waals surface area contributed by atoms with Gasteiger partial charge in [0.2, 0.25) is 0 Å². The van der Waals surface area contributed by atoms with Crippen LogP contribution in [-0.4, -0.2) is 0 Å².